The van der Waals surface area contributed by atoms with Crippen LogP contribution in [0.15, 0.2) is 48.5 Å². The highest BCUT2D eigenvalue weighted by Crippen LogP contribution is 2.36. The van der Waals surface area contributed by atoms with Crippen LogP contribution < -0.4 is 10.1 Å². The molecule has 1 amide bonds. The lowest BCUT2D eigenvalue weighted by Crippen LogP contribution is -2.47. The fourth-order valence-electron chi connectivity index (χ4n) is 3.86. The highest BCUT2D eigenvalue weighted by Gasteiger charge is 2.42. The number of nitrogens with one attached hydrogen (secondary N) is 1. The van der Waals surface area contributed by atoms with Crippen molar-refractivity contribution in [1.82, 2.24) is 0 Å². The molecule has 144 valence electrons. The van der Waals surface area contributed by atoms with Crippen molar-refractivity contribution in [2.24, 2.45) is 5.92 Å². The van der Waals surface area contributed by atoms with Gasteiger partial charge in [0.25, 0.3) is 5.91 Å². The molecule has 2 aromatic rings. The number of carbonyl (C=O) groups excluding carboxylic acids is 1. The van der Waals surface area contributed by atoms with Gasteiger partial charge in [-0.2, -0.15) is 0 Å². The van der Waals surface area contributed by atoms with E-state index in [1.165, 1.54) is 0 Å². The van der Waals surface area contributed by atoms with E-state index in [1.807, 2.05) is 55.5 Å². The number of methoxy groups -OCH3 is 1. The van der Waals surface area contributed by atoms with Crippen LogP contribution in [0.1, 0.15) is 43.7 Å². The molecule has 0 heterocycles. The predicted molar refractivity (Wildman–Crippen MR) is 108 cm³/mol. The average molecular weight is 367 g/mol. The molecule has 1 N–H and O–H groups in total. The molecule has 0 radical (unpaired) electrons. The Morgan fingerprint density at radius 3 is 2.67 bits per heavy atom. The van der Waals surface area contributed by atoms with Gasteiger partial charge in [-0.1, -0.05) is 43.7 Å². The molecule has 0 aliphatic heterocycles. The fourth-order valence-corrected chi connectivity index (χ4v) is 3.86. The van der Waals surface area contributed by atoms with E-state index in [-0.39, 0.29) is 5.91 Å². The zero-order chi connectivity index (χ0) is 19.3. The molecule has 1 aliphatic carbocycles. The lowest BCUT2D eigenvalue weighted by Gasteiger charge is -2.37. The maximum atomic E-state index is 12.9. The summed E-state index contributed by atoms with van der Waals surface area (Å²) in [5.41, 5.74) is 2.18. The van der Waals surface area contributed by atoms with Crippen LogP contribution in [0.3, 0.4) is 0 Å². The van der Waals surface area contributed by atoms with Crippen LogP contribution in [-0.2, 0) is 16.1 Å². The minimum atomic E-state index is -0.714. The number of amides is 1. The van der Waals surface area contributed by atoms with E-state index in [1.54, 1.807) is 7.11 Å². The maximum Gasteiger partial charge on any atom is 0.256 e. The monoisotopic (exact) mass is 367 g/mol. The van der Waals surface area contributed by atoms with Gasteiger partial charge < -0.3 is 14.8 Å². The normalized spacial score (nSPS) is 22.3. The van der Waals surface area contributed by atoms with E-state index in [9.17, 15) is 4.79 Å². The molecule has 4 heteroatoms. The summed E-state index contributed by atoms with van der Waals surface area (Å²) in [5.74, 6) is 1.28. The molecule has 2 aromatic carbocycles. The van der Waals surface area contributed by atoms with Crippen molar-refractivity contribution in [3.05, 3.63) is 59.7 Å². The van der Waals surface area contributed by atoms with Gasteiger partial charge in [-0.3, -0.25) is 4.79 Å². The summed E-state index contributed by atoms with van der Waals surface area (Å²) in [4.78, 5) is 12.9. The number of ether oxygens (including phenoxy) is 2. The van der Waals surface area contributed by atoms with E-state index >= 15 is 0 Å². The minimum Gasteiger partial charge on any atom is -0.489 e. The molecular formula is C23H29NO3. The number of rotatable bonds is 6. The van der Waals surface area contributed by atoms with Crippen molar-refractivity contribution < 1.29 is 14.3 Å². The first-order chi connectivity index (χ1) is 13.0. The van der Waals surface area contributed by atoms with E-state index in [4.69, 9.17) is 9.47 Å². The van der Waals surface area contributed by atoms with Crippen molar-refractivity contribution >= 4 is 11.6 Å². The highest BCUT2D eigenvalue weighted by molar-refractivity contribution is 5.97. The predicted octanol–water partition coefficient (Wildman–Crippen LogP) is 5.11. The first kappa shape index (κ1) is 19.4. The van der Waals surface area contributed by atoms with Gasteiger partial charge in [0.2, 0.25) is 0 Å². The van der Waals surface area contributed by atoms with Gasteiger partial charge in [-0.05, 0) is 61.4 Å². The van der Waals surface area contributed by atoms with Crippen LogP contribution in [0, 0.1) is 12.8 Å². The fraction of sp³-hybridized carbons (Fsp3) is 0.435. The largest absolute Gasteiger partial charge is 0.489 e. The second kappa shape index (κ2) is 8.57. The minimum absolute atomic E-state index is 0.0473. The highest BCUT2D eigenvalue weighted by atomic mass is 16.5. The Morgan fingerprint density at radius 1 is 1.22 bits per heavy atom. The van der Waals surface area contributed by atoms with Gasteiger partial charge in [0, 0.05) is 12.8 Å². The SMILES string of the molecule is CO[C@]1(C(=O)Nc2ccc(OCc3ccccc3)c(C)c2)CCC[C@@H](C)C1. The van der Waals surface area contributed by atoms with Gasteiger partial charge in [-0.15, -0.1) is 0 Å². The third-order valence-electron chi connectivity index (χ3n) is 5.43. The summed E-state index contributed by atoms with van der Waals surface area (Å²) in [6, 6.07) is 15.8. The van der Waals surface area contributed by atoms with Crippen LogP contribution >= 0.6 is 0 Å². The molecule has 27 heavy (non-hydrogen) atoms. The Bertz CT molecular complexity index is 774. The number of anilines is 1. The Hall–Kier alpha value is -2.33. The molecule has 4 nitrogen and oxygen atoms in total. The second-order valence-electron chi connectivity index (χ2n) is 7.61. The topological polar surface area (TPSA) is 47.6 Å². The standard InChI is InChI=1S/C23H29NO3/c1-17-8-7-13-23(15-17,26-3)22(25)24-20-11-12-21(18(2)14-20)27-16-19-9-5-4-6-10-19/h4-6,9-12,14,17H,7-8,13,15-16H2,1-3H3,(H,24,25)/t17-,23-/m1/s1. The Labute approximate surface area is 161 Å². The summed E-state index contributed by atoms with van der Waals surface area (Å²) in [5, 5.41) is 3.05. The van der Waals surface area contributed by atoms with Gasteiger partial charge in [0.05, 0.1) is 0 Å². The lowest BCUT2D eigenvalue weighted by atomic mass is 9.78. The maximum absolute atomic E-state index is 12.9. The number of carbonyl (C=O) groups is 1. The first-order valence-electron chi connectivity index (χ1n) is 9.66. The zero-order valence-corrected chi connectivity index (χ0v) is 16.5. The summed E-state index contributed by atoms with van der Waals surface area (Å²) in [6.45, 7) is 4.70. The van der Waals surface area contributed by atoms with Gasteiger partial charge in [0.1, 0.15) is 18.0 Å². The number of hydrogen-bond donors (Lipinski definition) is 1. The third kappa shape index (κ3) is 4.69. The molecule has 3 rings (SSSR count). The van der Waals surface area contributed by atoms with Crippen LogP contribution in [0.4, 0.5) is 5.69 Å². The van der Waals surface area contributed by atoms with Gasteiger partial charge in [0.15, 0.2) is 0 Å². The van der Waals surface area contributed by atoms with Crippen molar-refractivity contribution in [1.29, 1.82) is 0 Å². The van der Waals surface area contributed by atoms with Gasteiger partial charge >= 0.3 is 0 Å². The molecule has 1 saturated carbocycles. The zero-order valence-electron chi connectivity index (χ0n) is 16.5. The molecule has 0 spiro atoms. The summed E-state index contributed by atoms with van der Waals surface area (Å²) in [7, 11) is 1.64. The van der Waals surface area contributed by atoms with Gasteiger partial charge in [-0.25, -0.2) is 0 Å². The summed E-state index contributed by atoms with van der Waals surface area (Å²) >= 11 is 0. The Morgan fingerprint density at radius 2 is 2.00 bits per heavy atom. The van der Waals surface area contributed by atoms with Crippen LogP contribution in [0.25, 0.3) is 0 Å². The summed E-state index contributed by atoms with van der Waals surface area (Å²) in [6.07, 6.45) is 3.72. The number of hydrogen-bond acceptors (Lipinski definition) is 3. The van der Waals surface area contributed by atoms with Crippen molar-refractivity contribution in [2.45, 2.75) is 51.7 Å². The van der Waals surface area contributed by atoms with Crippen LogP contribution in [0.2, 0.25) is 0 Å². The average Bonchev–Trinajstić information content (AvgIpc) is 2.68. The van der Waals surface area contributed by atoms with Crippen molar-refractivity contribution in [3.8, 4) is 5.75 Å². The number of benzene rings is 2. The first-order valence-corrected chi connectivity index (χ1v) is 9.66. The van der Waals surface area contributed by atoms with E-state index in [0.29, 0.717) is 12.5 Å². The smallest absolute Gasteiger partial charge is 0.256 e. The third-order valence-corrected chi connectivity index (χ3v) is 5.43. The quantitative estimate of drug-likeness (QED) is 0.772. The summed E-state index contributed by atoms with van der Waals surface area (Å²) < 4.78 is 11.6. The van der Waals surface area contributed by atoms with E-state index < -0.39 is 5.60 Å². The van der Waals surface area contributed by atoms with Crippen LogP contribution in [0.5, 0.6) is 5.75 Å². The molecular weight excluding hydrogens is 338 g/mol. The van der Waals surface area contributed by atoms with E-state index in [0.717, 1.165) is 48.2 Å². The molecule has 0 saturated heterocycles. The van der Waals surface area contributed by atoms with Crippen LogP contribution in [-0.4, -0.2) is 18.6 Å². The molecule has 2 atom stereocenters. The second-order valence-corrected chi connectivity index (χ2v) is 7.61. The molecule has 0 bridgehead atoms. The lowest BCUT2D eigenvalue weighted by molar-refractivity contribution is -0.143. The Kier molecular flexibility index (Phi) is 6.17. The molecule has 0 unspecified atom stereocenters. The van der Waals surface area contributed by atoms with Crippen molar-refractivity contribution in [3.63, 3.8) is 0 Å². The molecule has 0 aromatic heterocycles. The molecule has 1 fully saturated rings. The van der Waals surface area contributed by atoms with Crippen molar-refractivity contribution in [2.75, 3.05) is 12.4 Å². The Balaban J connectivity index is 1.65. The molecule has 1 aliphatic rings. The van der Waals surface area contributed by atoms with E-state index in [2.05, 4.69) is 12.2 Å². The number of aryl methyl sites for hydroxylation is 1.